The van der Waals surface area contributed by atoms with Crippen LogP contribution in [-0.2, 0) is 6.54 Å². The Morgan fingerprint density at radius 1 is 1.73 bits per heavy atom. The van der Waals surface area contributed by atoms with Gasteiger partial charge in [0.15, 0.2) is 0 Å². The molecular weight excluding hydrogens is 142 g/mol. The molecule has 0 fully saturated rings. The van der Waals surface area contributed by atoms with Gasteiger partial charge in [-0.25, -0.2) is 4.98 Å². The maximum absolute atomic E-state index is 9.26. The second kappa shape index (κ2) is 3.88. The molecule has 0 saturated heterocycles. The molecule has 1 aromatic rings. The van der Waals surface area contributed by atoms with Crippen molar-refractivity contribution < 1.29 is 5.11 Å². The van der Waals surface area contributed by atoms with E-state index in [1.807, 2.05) is 0 Å². The summed E-state index contributed by atoms with van der Waals surface area (Å²) >= 11 is 0. The molecule has 1 rings (SSSR count). The Bertz CT molecular complexity index is 207. The first-order valence-corrected chi connectivity index (χ1v) is 3.44. The molecule has 0 aliphatic heterocycles. The smallest absolute Gasteiger partial charge is 0.137 e. The fourth-order valence-electron chi connectivity index (χ4n) is 0.810. The van der Waals surface area contributed by atoms with Gasteiger partial charge in [-0.3, -0.25) is 4.68 Å². The van der Waals surface area contributed by atoms with Crippen molar-refractivity contribution in [3.63, 3.8) is 0 Å². The molecule has 0 aromatic carbocycles. The van der Waals surface area contributed by atoms with Gasteiger partial charge in [0.25, 0.3) is 0 Å². The highest BCUT2D eigenvalue weighted by Crippen LogP contribution is 1.94. The van der Waals surface area contributed by atoms with Crippen LogP contribution in [-0.4, -0.2) is 26.0 Å². The largest absolute Gasteiger partial charge is 0.391 e. The Morgan fingerprint density at radius 3 is 3.09 bits per heavy atom. The van der Waals surface area contributed by atoms with Crippen LogP contribution in [0.25, 0.3) is 0 Å². The summed E-state index contributed by atoms with van der Waals surface area (Å²) < 4.78 is 1.59. The minimum Gasteiger partial charge on any atom is -0.391 e. The Hall–Kier alpha value is -1.16. The SMILES string of the molecule is C=CCC(O)Cn1cncn1. The summed E-state index contributed by atoms with van der Waals surface area (Å²) in [5, 5.41) is 13.1. The normalized spacial score (nSPS) is 12.8. The average Bonchev–Trinajstić information content (AvgIpc) is 2.40. The molecule has 1 unspecified atom stereocenters. The zero-order valence-corrected chi connectivity index (χ0v) is 6.22. The molecule has 1 atom stereocenters. The van der Waals surface area contributed by atoms with Crippen molar-refractivity contribution >= 4 is 0 Å². The average molecular weight is 153 g/mol. The van der Waals surface area contributed by atoms with Gasteiger partial charge in [-0.05, 0) is 6.42 Å². The molecular formula is C7H11N3O. The van der Waals surface area contributed by atoms with Crippen molar-refractivity contribution in [3.8, 4) is 0 Å². The maximum Gasteiger partial charge on any atom is 0.137 e. The molecule has 0 spiro atoms. The van der Waals surface area contributed by atoms with Crippen LogP contribution in [0.5, 0.6) is 0 Å². The van der Waals surface area contributed by atoms with Crippen LogP contribution in [0.2, 0.25) is 0 Å². The topological polar surface area (TPSA) is 50.9 Å². The third-order valence-electron chi connectivity index (χ3n) is 1.30. The first kappa shape index (κ1) is 7.94. The van der Waals surface area contributed by atoms with Crippen LogP contribution in [0.1, 0.15) is 6.42 Å². The van der Waals surface area contributed by atoms with Gasteiger partial charge in [0.2, 0.25) is 0 Å². The summed E-state index contributed by atoms with van der Waals surface area (Å²) in [6.45, 7) is 4.00. The van der Waals surface area contributed by atoms with Gasteiger partial charge >= 0.3 is 0 Å². The second-order valence-corrected chi connectivity index (χ2v) is 2.30. The van der Waals surface area contributed by atoms with Crippen molar-refractivity contribution in [3.05, 3.63) is 25.3 Å². The van der Waals surface area contributed by atoms with Crippen LogP contribution in [0.4, 0.5) is 0 Å². The number of aliphatic hydroxyl groups is 1. The van der Waals surface area contributed by atoms with Crippen molar-refractivity contribution in [2.75, 3.05) is 0 Å². The minimum atomic E-state index is -0.408. The van der Waals surface area contributed by atoms with E-state index < -0.39 is 6.10 Å². The van der Waals surface area contributed by atoms with Crippen molar-refractivity contribution in [2.45, 2.75) is 19.1 Å². The quantitative estimate of drug-likeness (QED) is 0.629. The van der Waals surface area contributed by atoms with Crippen LogP contribution in [0.15, 0.2) is 25.3 Å². The van der Waals surface area contributed by atoms with Gasteiger partial charge < -0.3 is 5.11 Å². The fraction of sp³-hybridized carbons (Fsp3) is 0.429. The van der Waals surface area contributed by atoms with E-state index >= 15 is 0 Å². The van der Waals surface area contributed by atoms with Gasteiger partial charge in [0, 0.05) is 0 Å². The van der Waals surface area contributed by atoms with E-state index in [2.05, 4.69) is 16.7 Å². The third kappa shape index (κ3) is 2.51. The Labute approximate surface area is 65.2 Å². The molecule has 0 bridgehead atoms. The summed E-state index contributed by atoms with van der Waals surface area (Å²) in [6.07, 6.45) is 4.88. The zero-order chi connectivity index (χ0) is 8.10. The maximum atomic E-state index is 9.26. The van der Waals surface area contributed by atoms with E-state index in [1.54, 1.807) is 17.1 Å². The number of aromatic nitrogens is 3. The van der Waals surface area contributed by atoms with Crippen LogP contribution < -0.4 is 0 Å². The standard InChI is InChI=1S/C7H11N3O/c1-2-3-7(11)4-10-6-8-5-9-10/h2,5-7,11H,1,3-4H2. The van der Waals surface area contributed by atoms with E-state index in [9.17, 15) is 5.11 Å². The minimum absolute atomic E-state index is 0.408. The fourth-order valence-corrected chi connectivity index (χ4v) is 0.810. The Balaban J connectivity index is 2.37. The lowest BCUT2D eigenvalue weighted by atomic mass is 10.2. The summed E-state index contributed by atoms with van der Waals surface area (Å²) in [6, 6.07) is 0. The monoisotopic (exact) mass is 153 g/mol. The molecule has 1 aromatic heterocycles. The number of aliphatic hydroxyl groups excluding tert-OH is 1. The summed E-state index contributed by atoms with van der Waals surface area (Å²) in [5.74, 6) is 0. The highest BCUT2D eigenvalue weighted by molar-refractivity contribution is 4.72. The molecule has 4 nitrogen and oxygen atoms in total. The number of hydrogen-bond acceptors (Lipinski definition) is 3. The number of rotatable bonds is 4. The third-order valence-corrected chi connectivity index (χ3v) is 1.30. The highest BCUT2D eigenvalue weighted by atomic mass is 16.3. The Morgan fingerprint density at radius 2 is 2.55 bits per heavy atom. The molecule has 11 heavy (non-hydrogen) atoms. The lowest BCUT2D eigenvalue weighted by Crippen LogP contribution is -2.15. The number of hydrogen-bond donors (Lipinski definition) is 1. The summed E-state index contributed by atoms with van der Waals surface area (Å²) in [7, 11) is 0. The van der Waals surface area contributed by atoms with E-state index in [4.69, 9.17) is 0 Å². The second-order valence-electron chi connectivity index (χ2n) is 2.30. The molecule has 1 N–H and O–H groups in total. The van der Waals surface area contributed by atoms with Crippen molar-refractivity contribution in [1.82, 2.24) is 14.8 Å². The predicted octanol–water partition coefficient (Wildman–Crippen LogP) is 0.215. The van der Waals surface area contributed by atoms with Gasteiger partial charge in [-0.1, -0.05) is 6.08 Å². The van der Waals surface area contributed by atoms with Gasteiger partial charge in [-0.15, -0.1) is 6.58 Å². The van der Waals surface area contributed by atoms with E-state index in [1.165, 1.54) is 6.33 Å². The van der Waals surface area contributed by atoms with E-state index in [-0.39, 0.29) is 0 Å². The predicted molar refractivity (Wildman–Crippen MR) is 40.8 cm³/mol. The number of nitrogens with zero attached hydrogens (tertiary/aromatic N) is 3. The molecule has 0 aliphatic carbocycles. The van der Waals surface area contributed by atoms with Gasteiger partial charge in [0.1, 0.15) is 12.7 Å². The van der Waals surface area contributed by atoms with Crippen molar-refractivity contribution in [2.24, 2.45) is 0 Å². The van der Waals surface area contributed by atoms with Gasteiger partial charge in [0.05, 0.1) is 12.6 Å². The van der Waals surface area contributed by atoms with Crippen LogP contribution in [0.3, 0.4) is 0 Å². The molecule has 1 heterocycles. The summed E-state index contributed by atoms with van der Waals surface area (Å²) in [5.41, 5.74) is 0. The molecule has 0 amide bonds. The zero-order valence-electron chi connectivity index (χ0n) is 6.22. The first-order valence-electron chi connectivity index (χ1n) is 3.44. The Kier molecular flexibility index (Phi) is 2.80. The molecule has 0 radical (unpaired) electrons. The molecule has 60 valence electrons. The van der Waals surface area contributed by atoms with Crippen molar-refractivity contribution in [1.29, 1.82) is 0 Å². The molecule has 0 saturated carbocycles. The lowest BCUT2D eigenvalue weighted by Gasteiger charge is -2.05. The van der Waals surface area contributed by atoms with Gasteiger partial charge in [-0.2, -0.15) is 5.10 Å². The molecule has 0 aliphatic rings. The highest BCUT2D eigenvalue weighted by Gasteiger charge is 2.01. The first-order chi connectivity index (χ1) is 5.33. The van der Waals surface area contributed by atoms with E-state index in [0.717, 1.165) is 0 Å². The van der Waals surface area contributed by atoms with Crippen LogP contribution >= 0.6 is 0 Å². The summed E-state index contributed by atoms with van der Waals surface area (Å²) in [4.78, 5) is 3.75. The molecule has 4 heteroatoms. The lowest BCUT2D eigenvalue weighted by molar-refractivity contribution is 0.152. The van der Waals surface area contributed by atoms with E-state index in [0.29, 0.717) is 13.0 Å². The van der Waals surface area contributed by atoms with Crippen LogP contribution in [0, 0.1) is 0 Å².